The Morgan fingerprint density at radius 1 is 1.19 bits per heavy atom. The van der Waals surface area contributed by atoms with E-state index in [0.29, 0.717) is 21.9 Å². The fraction of sp³-hybridized carbons (Fsp3) is 0.238. The van der Waals surface area contributed by atoms with Crippen molar-refractivity contribution >= 4 is 39.1 Å². The molecule has 0 spiro atoms. The molecule has 0 fully saturated rings. The quantitative estimate of drug-likeness (QED) is 0.576. The van der Waals surface area contributed by atoms with Crippen LogP contribution in [0.5, 0.6) is 0 Å². The third-order valence-electron chi connectivity index (χ3n) is 4.75. The molecule has 1 heterocycles. The van der Waals surface area contributed by atoms with Gasteiger partial charge in [-0.1, -0.05) is 35.1 Å². The van der Waals surface area contributed by atoms with E-state index >= 15 is 0 Å². The summed E-state index contributed by atoms with van der Waals surface area (Å²) in [5, 5.41) is 0.678. The Balaban J connectivity index is 1.79. The minimum Gasteiger partial charge on any atom is -0.312 e. The maximum Gasteiger partial charge on any atom is 0.279 e. The van der Waals surface area contributed by atoms with Crippen molar-refractivity contribution in [3.05, 3.63) is 75.6 Å². The fourth-order valence-corrected chi connectivity index (χ4v) is 4.77. The number of halogens is 1. The molecule has 1 aromatic heterocycles. The van der Waals surface area contributed by atoms with Crippen molar-refractivity contribution in [1.29, 1.82) is 0 Å². The van der Waals surface area contributed by atoms with Crippen LogP contribution in [0.3, 0.4) is 0 Å². The van der Waals surface area contributed by atoms with E-state index < -0.39 is 0 Å². The molecule has 0 atom stereocenters. The zero-order valence-corrected chi connectivity index (χ0v) is 15.9. The first-order valence-electron chi connectivity index (χ1n) is 8.76. The van der Waals surface area contributed by atoms with Crippen molar-refractivity contribution in [2.75, 3.05) is 0 Å². The Bertz CT molecular complexity index is 1080. The van der Waals surface area contributed by atoms with Crippen LogP contribution in [0.1, 0.15) is 34.3 Å². The number of amides is 1. The van der Waals surface area contributed by atoms with Gasteiger partial charge in [-0.2, -0.15) is 4.99 Å². The van der Waals surface area contributed by atoms with Crippen molar-refractivity contribution < 1.29 is 4.79 Å². The summed E-state index contributed by atoms with van der Waals surface area (Å²) in [6.07, 6.45) is 6.39. The Hall–Kier alpha value is -2.17. The second kappa shape index (κ2) is 7.22. The number of aromatic nitrogens is 1. The van der Waals surface area contributed by atoms with Gasteiger partial charge in [0.2, 0.25) is 0 Å². The second-order valence-corrected chi connectivity index (χ2v) is 7.95. The lowest BCUT2D eigenvalue weighted by Gasteiger charge is -2.15. The van der Waals surface area contributed by atoms with Gasteiger partial charge in [-0.25, -0.2) is 0 Å². The molecule has 132 valence electrons. The minimum absolute atomic E-state index is 0.200. The summed E-state index contributed by atoms with van der Waals surface area (Å²) >= 11 is 7.58. The van der Waals surface area contributed by atoms with Crippen LogP contribution in [0.15, 0.2) is 54.0 Å². The molecule has 0 saturated heterocycles. The lowest BCUT2D eigenvalue weighted by Crippen LogP contribution is -2.16. The SMILES string of the molecule is C=CCn1c(=NC(=O)c2ccc3c(c2)CCCC3)sc2cc(Cl)ccc21. The van der Waals surface area contributed by atoms with Crippen molar-refractivity contribution in [3.8, 4) is 0 Å². The molecule has 0 unspecified atom stereocenters. The summed E-state index contributed by atoms with van der Waals surface area (Å²) in [5.74, 6) is -0.200. The zero-order chi connectivity index (χ0) is 18.1. The van der Waals surface area contributed by atoms with Crippen molar-refractivity contribution in [3.63, 3.8) is 0 Å². The maximum absolute atomic E-state index is 12.8. The number of nitrogens with zero attached hydrogens (tertiary/aromatic N) is 2. The normalized spacial score (nSPS) is 14.4. The van der Waals surface area contributed by atoms with Gasteiger partial charge >= 0.3 is 0 Å². The molecule has 26 heavy (non-hydrogen) atoms. The van der Waals surface area contributed by atoms with E-state index in [2.05, 4.69) is 17.6 Å². The Kier molecular flexibility index (Phi) is 4.79. The van der Waals surface area contributed by atoms with Crippen LogP contribution in [-0.2, 0) is 19.4 Å². The molecule has 2 aromatic carbocycles. The topological polar surface area (TPSA) is 34.4 Å². The van der Waals surface area contributed by atoms with E-state index in [0.717, 1.165) is 23.1 Å². The smallest absolute Gasteiger partial charge is 0.279 e. The number of allylic oxidation sites excluding steroid dienone is 1. The zero-order valence-electron chi connectivity index (χ0n) is 14.4. The molecule has 0 radical (unpaired) electrons. The summed E-state index contributed by atoms with van der Waals surface area (Å²) in [6.45, 7) is 4.41. The molecule has 0 bridgehead atoms. The summed E-state index contributed by atoms with van der Waals surface area (Å²) in [4.78, 5) is 17.9. The average Bonchev–Trinajstić information content (AvgIpc) is 2.98. The first-order valence-corrected chi connectivity index (χ1v) is 9.96. The molecule has 0 aliphatic heterocycles. The number of fused-ring (bicyclic) bond motifs is 2. The number of rotatable bonds is 3. The maximum atomic E-state index is 12.8. The van der Waals surface area contributed by atoms with Gasteiger partial charge in [-0.3, -0.25) is 4.79 Å². The van der Waals surface area contributed by atoms with Gasteiger partial charge in [0, 0.05) is 17.1 Å². The molecule has 1 amide bonds. The van der Waals surface area contributed by atoms with Gasteiger partial charge < -0.3 is 4.57 Å². The van der Waals surface area contributed by atoms with Gasteiger partial charge in [-0.05, 0) is 67.1 Å². The highest BCUT2D eigenvalue weighted by Crippen LogP contribution is 2.24. The highest BCUT2D eigenvalue weighted by molar-refractivity contribution is 7.16. The highest BCUT2D eigenvalue weighted by atomic mass is 35.5. The summed E-state index contributed by atoms with van der Waals surface area (Å²) in [6, 6.07) is 11.7. The van der Waals surface area contributed by atoms with Crippen molar-refractivity contribution in [1.82, 2.24) is 4.57 Å². The molecule has 1 aliphatic rings. The molecule has 3 nitrogen and oxygen atoms in total. The number of carbonyl (C=O) groups is 1. The van der Waals surface area contributed by atoms with E-state index in [1.807, 2.05) is 41.0 Å². The molecule has 3 aromatic rings. The third-order valence-corrected chi connectivity index (χ3v) is 6.03. The van der Waals surface area contributed by atoms with Gasteiger partial charge in [0.25, 0.3) is 5.91 Å². The molecule has 5 heteroatoms. The largest absolute Gasteiger partial charge is 0.312 e. The summed E-state index contributed by atoms with van der Waals surface area (Å²) in [5.41, 5.74) is 4.33. The molecule has 0 saturated carbocycles. The number of hydrogen-bond acceptors (Lipinski definition) is 2. The number of aryl methyl sites for hydroxylation is 2. The van der Waals surface area contributed by atoms with E-state index in [-0.39, 0.29) is 5.91 Å². The molecule has 0 N–H and O–H groups in total. The van der Waals surface area contributed by atoms with Crippen LogP contribution in [0.2, 0.25) is 5.02 Å². The van der Waals surface area contributed by atoms with Crippen LogP contribution in [-0.4, -0.2) is 10.5 Å². The van der Waals surface area contributed by atoms with E-state index in [4.69, 9.17) is 11.6 Å². The average molecular weight is 383 g/mol. The molecule has 1 aliphatic carbocycles. The van der Waals surface area contributed by atoms with Gasteiger partial charge in [0.15, 0.2) is 4.80 Å². The Morgan fingerprint density at radius 2 is 2.00 bits per heavy atom. The first kappa shape index (κ1) is 17.3. The highest BCUT2D eigenvalue weighted by Gasteiger charge is 2.13. The lowest BCUT2D eigenvalue weighted by molar-refractivity contribution is 0.0997. The van der Waals surface area contributed by atoms with Crippen LogP contribution in [0.25, 0.3) is 10.2 Å². The van der Waals surface area contributed by atoms with Gasteiger partial charge in [0.1, 0.15) is 0 Å². The molecular weight excluding hydrogens is 364 g/mol. The Labute approximate surface area is 161 Å². The lowest BCUT2D eigenvalue weighted by atomic mass is 9.90. The van der Waals surface area contributed by atoms with Crippen LogP contribution in [0.4, 0.5) is 0 Å². The van der Waals surface area contributed by atoms with Crippen molar-refractivity contribution in [2.24, 2.45) is 4.99 Å². The van der Waals surface area contributed by atoms with Gasteiger partial charge in [-0.15, -0.1) is 6.58 Å². The minimum atomic E-state index is -0.200. The van der Waals surface area contributed by atoms with Crippen molar-refractivity contribution in [2.45, 2.75) is 32.2 Å². The van der Waals surface area contributed by atoms with Crippen LogP contribution < -0.4 is 4.80 Å². The van der Waals surface area contributed by atoms with Crippen LogP contribution >= 0.6 is 22.9 Å². The number of carbonyl (C=O) groups excluding carboxylic acids is 1. The summed E-state index contributed by atoms with van der Waals surface area (Å²) in [7, 11) is 0. The first-order chi connectivity index (χ1) is 12.7. The molecule has 4 rings (SSSR count). The number of thiazole rings is 1. The standard InChI is InChI=1S/C21H19ClN2OS/c1-2-11-24-18-10-9-17(22)13-19(18)26-21(24)23-20(25)16-8-7-14-5-3-4-6-15(14)12-16/h2,7-10,12-13H,1,3-6,11H2. The Morgan fingerprint density at radius 3 is 2.81 bits per heavy atom. The van der Waals surface area contributed by atoms with E-state index in [1.165, 1.54) is 35.3 Å². The summed E-state index contributed by atoms with van der Waals surface area (Å²) < 4.78 is 3.01. The number of benzene rings is 2. The van der Waals surface area contributed by atoms with E-state index in [9.17, 15) is 4.79 Å². The fourth-order valence-electron chi connectivity index (χ4n) is 3.46. The molecular formula is C21H19ClN2OS. The monoisotopic (exact) mass is 382 g/mol. The van der Waals surface area contributed by atoms with E-state index in [1.54, 1.807) is 0 Å². The third kappa shape index (κ3) is 3.27. The predicted molar refractivity (Wildman–Crippen MR) is 108 cm³/mol. The predicted octanol–water partition coefficient (Wildman–Crippen LogP) is 5.16. The number of hydrogen-bond donors (Lipinski definition) is 0. The van der Waals surface area contributed by atoms with Crippen LogP contribution in [0, 0.1) is 0 Å². The van der Waals surface area contributed by atoms with Gasteiger partial charge in [0.05, 0.1) is 10.2 Å². The second-order valence-electron chi connectivity index (χ2n) is 6.50.